The van der Waals surface area contributed by atoms with Gasteiger partial charge in [0.2, 0.25) is 0 Å². The van der Waals surface area contributed by atoms with Crippen molar-refractivity contribution in [1.82, 2.24) is 0 Å². The molecule has 0 aromatic rings. The lowest BCUT2D eigenvalue weighted by molar-refractivity contribution is -0.167. The summed E-state index contributed by atoms with van der Waals surface area (Å²) in [4.78, 5) is 38.3. The summed E-state index contributed by atoms with van der Waals surface area (Å²) in [7, 11) is 0. The largest absolute Gasteiger partial charge is 0.462 e. The summed E-state index contributed by atoms with van der Waals surface area (Å²) < 4.78 is 16.9. The van der Waals surface area contributed by atoms with Crippen LogP contribution in [0.15, 0.2) is 72.9 Å². The van der Waals surface area contributed by atoms with Gasteiger partial charge in [-0.25, -0.2) is 0 Å². The van der Waals surface area contributed by atoms with Gasteiger partial charge in [0.15, 0.2) is 6.10 Å². The first-order valence-electron chi connectivity index (χ1n) is 33.4. The Bertz CT molecular complexity index is 1420. The molecule has 0 saturated heterocycles. The molecule has 0 spiro atoms. The van der Waals surface area contributed by atoms with Crippen molar-refractivity contribution in [2.24, 2.45) is 0 Å². The van der Waals surface area contributed by atoms with Crippen molar-refractivity contribution in [2.45, 2.75) is 348 Å². The Morgan fingerprint density at radius 3 is 0.805 bits per heavy atom. The van der Waals surface area contributed by atoms with E-state index in [0.717, 1.165) is 96.3 Å². The van der Waals surface area contributed by atoms with Crippen molar-refractivity contribution in [3.05, 3.63) is 72.9 Å². The third kappa shape index (κ3) is 63.6. The zero-order valence-electron chi connectivity index (χ0n) is 51.2. The van der Waals surface area contributed by atoms with Crippen LogP contribution in [0.1, 0.15) is 342 Å². The van der Waals surface area contributed by atoms with E-state index in [-0.39, 0.29) is 31.1 Å². The highest BCUT2D eigenvalue weighted by atomic mass is 16.6. The van der Waals surface area contributed by atoms with Crippen molar-refractivity contribution in [3.63, 3.8) is 0 Å². The zero-order chi connectivity index (χ0) is 55.7. The Balaban J connectivity index is 4.18. The van der Waals surface area contributed by atoms with Crippen LogP contribution in [0.4, 0.5) is 0 Å². The van der Waals surface area contributed by atoms with E-state index < -0.39 is 6.10 Å². The smallest absolute Gasteiger partial charge is 0.306 e. The molecule has 1 unspecified atom stereocenters. The Morgan fingerprint density at radius 2 is 0.506 bits per heavy atom. The highest BCUT2D eigenvalue weighted by Crippen LogP contribution is 2.17. The molecular formula is C71H126O6. The number of hydrogen-bond acceptors (Lipinski definition) is 6. The average molecular weight is 1080 g/mol. The molecule has 446 valence electrons. The predicted molar refractivity (Wildman–Crippen MR) is 335 cm³/mol. The number of hydrogen-bond donors (Lipinski definition) is 0. The van der Waals surface area contributed by atoms with Gasteiger partial charge in [0.05, 0.1) is 0 Å². The lowest BCUT2D eigenvalue weighted by Crippen LogP contribution is -2.30. The van der Waals surface area contributed by atoms with E-state index in [0.29, 0.717) is 19.3 Å². The normalized spacial score (nSPS) is 12.5. The van der Waals surface area contributed by atoms with Crippen LogP contribution < -0.4 is 0 Å². The van der Waals surface area contributed by atoms with Crippen molar-refractivity contribution in [1.29, 1.82) is 0 Å². The second kappa shape index (κ2) is 65.4. The van der Waals surface area contributed by atoms with Crippen LogP contribution in [0.2, 0.25) is 0 Å². The first-order valence-corrected chi connectivity index (χ1v) is 33.4. The molecule has 0 heterocycles. The first-order chi connectivity index (χ1) is 38.0. The fourth-order valence-electron chi connectivity index (χ4n) is 9.70. The van der Waals surface area contributed by atoms with Crippen LogP contribution in [-0.4, -0.2) is 37.2 Å². The quantitative estimate of drug-likeness (QED) is 0.0261. The van der Waals surface area contributed by atoms with Gasteiger partial charge in [-0.3, -0.25) is 14.4 Å². The van der Waals surface area contributed by atoms with Crippen LogP contribution in [0.5, 0.6) is 0 Å². The average Bonchev–Trinajstić information content (AvgIpc) is 3.43. The summed E-state index contributed by atoms with van der Waals surface area (Å²) in [6, 6.07) is 0. The first kappa shape index (κ1) is 73.8. The molecule has 0 fully saturated rings. The van der Waals surface area contributed by atoms with E-state index in [1.165, 1.54) is 205 Å². The van der Waals surface area contributed by atoms with Crippen LogP contribution in [0.25, 0.3) is 0 Å². The molecule has 0 amide bonds. The minimum absolute atomic E-state index is 0.0733. The Labute approximate surface area is 478 Å². The molecule has 6 heteroatoms. The number of carbonyl (C=O) groups excluding carboxylic acids is 3. The number of carbonyl (C=O) groups is 3. The fourth-order valence-corrected chi connectivity index (χ4v) is 9.70. The standard InChI is InChI=1S/C71H126O6/c1-4-7-10-13-16-19-22-25-27-28-29-30-31-32-33-34-35-36-37-38-39-40-41-42-44-46-49-52-55-58-61-64-70(73)76-67-68(66-75-69(72)63-60-57-54-51-48-45-24-21-18-15-12-9-6-3)77-71(74)65-62-59-56-53-50-47-43-26-23-20-17-14-11-8-5-2/h7,10,16,19,25-27,29-30,32-33,43,68H,4-6,8-9,11-15,17-18,20-24,28,31,34-42,44-67H2,1-3H3/b10-7-,19-16-,27-25-,30-29-,33-32-,43-26-. The molecule has 0 radical (unpaired) electrons. The van der Waals surface area contributed by atoms with E-state index in [1.54, 1.807) is 0 Å². The molecular weight excluding hydrogens is 949 g/mol. The number of rotatable bonds is 61. The van der Waals surface area contributed by atoms with Crippen LogP contribution in [0.3, 0.4) is 0 Å². The summed E-state index contributed by atoms with van der Waals surface area (Å²) >= 11 is 0. The van der Waals surface area contributed by atoms with Crippen LogP contribution in [0, 0.1) is 0 Å². The predicted octanol–water partition coefficient (Wildman–Crippen LogP) is 22.9. The molecule has 1 atom stereocenters. The van der Waals surface area contributed by atoms with Gasteiger partial charge in [0.1, 0.15) is 13.2 Å². The molecule has 0 N–H and O–H groups in total. The van der Waals surface area contributed by atoms with Crippen LogP contribution >= 0.6 is 0 Å². The van der Waals surface area contributed by atoms with Crippen LogP contribution in [-0.2, 0) is 28.6 Å². The second-order valence-electron chi connectivity index (χ2n) is 22.4. The van der Waals surface area contributed by atoms with Crippen molar-refractivity contribution in [2.75, 3.05) is 13.2 Å². The minimum atomic E-state index is -0.777. The van der Waals surface area contributed by atoms with Crippen molar-refractivity contribution in [3.8, 4) is 0 Å². The zero-order valence-corrected chi connectivity index (χ0v) is 51.2. The number of allylic oxidation sites excluding steroid dienone is 12. The fraction of sp³-hybridized carbons (Fsp3) is 0.789. The lowest BCUT2D eigenvalue weighted by Gasteiger charge is -2.18. The number of ether oxygens (including phenoxy) is 3. The molecule has 0 aliphatic carbocycles. The maximum atomic E-state index is 12.9. The molecule has 0 aliphatic rings. The summed E-state index contributed by atoms with van der Waals surface area (Å²) in [6.45, 7) is 6.56. The minimum Gasteiger partial charge on any atom is -0.462 e. The van der Waals surface area contributed by atoms with E-state index in [9.17, 15) is 14.4 Å². The van der Waals surface area contributed by atoms with Gasteiger partial charge in [0, 0.05) is 19.3 Å². The highest BCUT2D eigenvalue weighted by Gasteiger charge is 2.19. The maximum Gasteiger partial charge on any atom is 0.306 e. The topological polar surface area (TPSA) is 78.9 Å². The van der Waals surface area contributed by atoms with E-state index in [4.69, 9.17) is 14.2 Å². The number of unbranched alkanes of at least 4 members (excludes halogenated alkanes) is 38. The van der Waals surface area contributed by atoms with Gasteiger partial charge >= 0.3 is 17.9 Å². The summed E-state index contributed by atoms with van der Waals surface area (Å²) in [5.41, 5.74) is 0. The summed E-state index contributed by atoms with van der Waals surface area (Å²) in [5.74, 6) is -0.864. The maximum absolute atomic E-state index is 12.9. The lowest BCUT2D eigenvalue weighted by atomic mass is 10.0. The Morgan fingerprint density at radius 1 is 0.273 bits per heavy atom. The molecule has 6 nitrogen and oxygen atoms in total. The van der Waals surface area contributed by atoms with Crippen molar-refractivity contribution < 1.29 is 28.6 Å². The monoisotopic (exact) mass is 1070 g/mol. The van der Waals surface area contributed by atoms with E-state index in [2.05, 4.69) is 93.7 Å². The molecule has 0 aromatic heterocycles. The summed E-state index contributed by atoms with van der Waals surface area (Å²) in [5, 5.41) is 0. The second-order valence-corrected chi connectivity index (χ2v) is 22.4. The summed E-state index contributed by atoms with van der Waals surface area (Å²) in [6.07, 6.45) is 84.9. The van der Waals surface area contributed by atoms with E-state index >= 15 is 0 Å². The Kier molecular flexibility index (Phi) is 62.7. The Hall–Kier alpha value is -3.15. The third-order valence-electron chi connectivity index (χ3n) is 14.7. The van der Waals surface area contributed by atoms with Gasteiger partial charge < -0.3 is 14.2 Å². The van der Waals surface area contributed by atoms with Gasteiger partial charge in [-0.05, 0) is 89.9 Å². The molecule has 0 rings (SSSR count). The van der Waals surface area contributed by atoms with Gasteiger partial charge in [-0.1, -0.05) is 306 Å². The van der Waals surface area contributed by atoms with Gasteiger partial charge in [-0.15, -0.1) is 0 Å². The number of esters is 3. The van der Waals surface area contributed by atoms with E-state index in [1.807, 2.05) is 0 Å². The third-order valence-corrected chi connectivity index (χ3v) is 14.7. The van der Waals surface area contributed by atoms with Gasteiger partial charge in [0.25, 0.3) is 0 Å². The van der Waals surface area contributed by atoms with Crippen molar-refractivity contribution >= 4 is 17.9 Å². The highest BCUT2D eigenvalue weighted by molar-refractivity contribution is 5.71. The molecule has 0 bridgehead atoms. The molecule has 0 saturated carbocycles. The molecule has 77 heavy (non-hydrogen) atoms. The van der Waals surface area contributed by atoms with Gasteiger partial charge in [-0.2, -0.15) is 0 Å². The SMILES string of the molecule is CC/C=C\C/C=C\C/C=C\C/C=C\C/C=C\CCCCCCCCCCCCCCCCCC(=O)OCC(COC(=O)CCCCCCCCCCCCCCC)OC(=O)CCCCCCC/C=C\CCCCCCCC. The molecule has 0 aromatic carbocycles. The molecule has 0 aliphatic heterocycles.